The normalized spacial score (nSPS) is 15.7. The highest BCUT2D eigenvalue weighted by Crippen LogP contribution is 2.28. The van der Waals surface area contributed by atoms with E-state index in [1.165, 1.54) is 11.6 Å². The second kappa shape index (κ2) is 9.90. The van der Waals surface area contributed by atoms with Gasteiger partial charge in [0, 0.05) is 44.5 Å². The minimum atomic E-state index is -0.153. The first-order chi connectivity index (χ1) is 14.4. The van der Waals surface area contributed by atoms with E-state index in [4.69, 9.17) is 0 Å². The average molecular weight is 411 g/mol. The maximum absolute atomic E-state index is 14.4. The van der Waals surface area contributed by atoms with Crippen LogP contribution in [0.3, 0.4) is 0 Å². The molecule has 30 heavy (non-hydrogen) atoms. The molecule has 2 heterocycles. The van der Waals surface area contributed by atoms with Crippen molar-refractivity contribution in [1.29, 1.82) is 0 Å². The largest absolute Gasteiger partial charge is 0.332 e. The number of halogens is 1. The number of piperidine rings is 1. The van der Waals surface area contributed by atoms with Gasteiger partial charge in [-0.15, -0.1) is 0 Å². The van der Waals surface area contributed by atoms with Gasteiger partial charge in [0.2, 0.25) is 0 Å². The number of hydrogen-bond acceptors (Lipinski definition) is 3. The Hall–Kier alpha value is -2.65. The highest BCUT2D eigenvalue weighted by atomic mass is 19.1. The number of likely N-dealkylation sites (tertiary alicyclic amines) is 1. The third kappa shape index (κ3) is 5.28. The fourth-order valence-electron chi connectivity index (χ4n) is 4.43. The van der Waals surface area contributed by atoms with E-state index in [9.17, 15) is 9.18 Å². The Morgan fingerprint density at radius 2 is 2.00 bits per heavy atom. The lowest BCUT2D eigenvalue weighted by Gasteiger charge is -2.39. The fraction of sp³-hybridized carbons (Fsp3) is 0.500. The van der Waals surface area contributed by atoms with Crippen LogP contribution in [-0.4, -0.2) is 51.7 Å². The van der Waals surface area contributed by atoms with Crippen LogP contribution in [0.5, 0.6) is 0 Å². The Morgan fingerprint density at radius 3 is 2.60 bits per heavy atom. The van der Waals surface area contributed by atoms with Crippen molar-refractivity contribution in [2.75, 3.05) is 20.1 Å². The molecule has 1 aromatic carbocycles. The lowest BCUT2D eigenvalue weighted by atomic mass is 9.84. The van der Waals surface area contributed by atoms with E-state index in [0.29, 0.717) is 25.4 Å². The lowest BCUT2D eigenvalue weighted by molar-refractivity contribution is -0.126. The van der Waals surface area contributed by atoms with E-state index < -0.39 is 0 Å². The monoisotopic (exact) mass is 410 g/mol. The van der Waals surface area contributed by atoms with Crippen LogP contribution in [-0.2, 0) is 24.8 Å². The Labute approximate surface area is 178 Å². The number of carbonyl (C=O) groups excluding carboxylic acids is 1. The van der Waals surface area contributed by atoms with Crippen LogP contribution in [0.25, 0.3) is 0 Å². The predicted molar refractivity (Wildman–Crippen MR) is 116 cm³/mol. The summed E-state index contributed by atoms with van der Waals surface area (Å²) in [5.74, 6) is 5.46. The zero-order chi connectivity index (χ0) is 21.7. The van der Waals surface area contributed by atoms with Gasteiger partial charge in [-0.2, -0.15) is 5.10 Å². The van der Waals surface area contributed by atoms with Crippen molar-refractivity contribution in [3.8, 4) is 11.8 Å². The van der Waals surface area contributed by atoms with Gasteiger partial charge >= 0.3 is 0 Å². The number of rotatable bonds is 6. The van der Waals surface area contributed by atoms with Crippen molar-refractivity contribution in [2.45, 2.75) is 45.7 Å². The summed E-state index contributed by atoms with van der Waals surface area (Å²) in [7, 11) is 4.04. The van der Waals surface area contributed by atoms with Crippen molar-refractivity contribution >= 4 is 5.91 Å². The fourth-order valence-corrected chi connectivity index (χ4v) is 4.43. The quantitative estimate of drug-likeness (QED) is 0.687. The van der Waals surface area contributed by atoms with E-state index >= 15 is 0 Å². The molecule has 1 aromatic heterocycles. The maximum atomic E-state index is 14.4. The Morgan fingerprint density at radius 1 is 1.30 bits per heavy atom. The van der Waals surface area contributed by atoms with Gasteiger partial charge in [-0.3, -0.25) is 14.4 Å². The summed E-state index contributed by atoms with van der Waals surface area (Å²) < 4.78 is 16.3. The molecule has 0 bridgehead atoms. The zero-order valence-electron chi connectivity index (χ0n) is 18.4. The molecule has 0 N–H and O–H groups in total. The average Bonchev–Trinajstić information content (AvgIpc) is 3.04. The van der Waals surface area contributed by atoms with Crippen molar-refractivity contribution in [1.82, 2.24) is 19.6 Å². The molecule has 160 valence electrons. The van der Waals surface area contributed by atoms with Crippen LogP contribution in [0.15, 0.2) is 30.5 Å². The Balaban J connectivity index is 1.77. The highest BCUT2D eigenvalue weighted by Gasteiger charge is 2.31. The molecule has 1 amide bonds. The number of carbonyl (C=O) groups is 1. The van der Waals surface area contributed by atoms with Crippen LogP contribution in [0.1, 0.15) is 36.6 Å². The summed E-state index contributed by atoms with van der Waals surface area (Å²) in [5, 5.41) is 4.45. The van der Waals surface area contributed by atoms with Crippen LogP contribution in [0.2, 0.25) is 0 Å². The van der Waals surface area contributed by atoms with Gasteiger partial charge in [-0.25, -0.2) is 4.39 Å². The lowest BCUT2D eigenvalue weighted by Crippen LogP contribution is -2.46. The summed E-state index contributed by atoms with van der Waals surface area (Å²) >= 11 is 0. The molecule has 0 saturated carbocycles. The number of benzene rings is 1. The Kier molecular flexibility index (Phi) is 7.28. The van der Waals surface area contributed by atoms with Gasteiger partial charge in [0.05, 0.1) is 5.69 Å². The third-order valence-electron chi connectivity index (χ3n) is 6.09. The molecule has 0 spiro atoms. The first-order valence-corrected chi connectivity index (χ1v) is 10.5. The number of amides is 1. The van der Waals surface area contributed by atoms with Crippen molar-refractivity contribution in [3.05, 3.63) is 53.1 Å². The molecule has 2 aromatic rings. The summed E-state index contributed by atoms with van der Waals surface area (Å²) in [6.45, 7) is 5.87. The molecule has 0 radical (unpaired) electrons. The number of likely N-dealkylation sites (N-methyl/N-ethyl adjacent to an activating group) is 1. The molecule has 1 aliphatic rings. The first kappa shape index (κ1) is 22.0. The maximum Gasteiger partial charge on any atom is 0.298 e. The molecule has 1 aliphatic heterocycles. The molecule has 0 aliphatic carbocycles. The van der Waals surface area contributed by atoms with E-state index in [1.807, 2.05) is 35.7 Å². The van der Waals surface area contributed by atoms with E-state index in [0.717, 1.165) is 30.6 Å². The topological polar surface area (TPSA) is 41.4 Å². The molecule has 1 atom stereocenters. The first-order valence-electron chi connectivity index (χ1n) is 10.5. The summed E-state index contributed by atoms with van der Waals surface area (Å²) in [4.78, 5) is 16.3. The SMILES string of the molecule is CC#CC(=O)N1CCC(C(Cc2ccccc2F)N(C)Cc2cn(C)nc2C)CC1. The molecule has 3 rings (SSSR count). The molecular weight excluding hydrogens is 379 g/mol. The van der Waals surface area contributed by atoms with Gasteiger partial charge in [-0.05, 0) is 63.6 Å². The van der Waals surface area contributed by atoms with Gasteiger partial charge in [-0.1, -0.05) is 24.1 Å². The van der Waals surface area contributed by atoms with E-state index in [-0.39, 0.29) is 17.8 Å². The van der Waals surface area contributed by atoms with Gasteiger partial charge < -0.3 is 4.90 Å². The highest BCUT2D eigenvalue weighted by molar-refractivity contribution is 5.93. The van der Waals surface area contributed by atoms with Gasteiger partial charge in [0.25, 0.3) is 5.91 Å². The van der Waals surface area contributed by atoms with Gasteiger partial charge in [0.15, 0.2) is 0 Å². The number of aromatic nitrogens is 2. The molecule has 1 saturated heterocycles. The third-order valence-corrected chi connectivity index (χ3v) is 6.09. The van der Waals surface area contributed by atoms with Crippen LogP contribution in [0.4, 0.5) is 4.39 Å². The van der Waals surface area contributed by atoms with Crippen LogP contribution in [0, 0.1) is 30.5 Å². The van der Waals surface area contributed by atoms with Gasteiger partial charge in [0.1, 0.15) is 5.82 Å². The van der Waals surface area contributed by atoms with Crippen molar-refractivity contribution < 1.29 is 9.18 Å². The van der Waals surface area contributed by atoms with Crippen molar-refractivity contribution in [3.63, 3.8) is 0 Å². The standard InChI is InChI=1S/C24H31FN4O/c1-5-8-24(30)29-13-11-19(12-14-29)23(15-20-9-6-7-10-22(20)25)27(3)16-21-17-28(4)26-18(21)2/h6-7,9-10,17,19,23H,11-16H2,1-4H3. The van der Waals surface area contributed by atoms with Crippen LogP contribution < -0.4 is 0 Å². The van der Waals surface area contributed by atoms with E-state index in [1.54, 1.807) is 13.0 Å². The number of nitrogens with zero attached hydrogens (tertiary/aromatic N) is 4. The van der Waals surface area contributed by atoms with Crippen LogP contribution >= 0.6 is 0 Å². The molecular formula is C24H31FN4O. The van der Waals surface area contributed by atoms with E-state index in [2.05, 4.69) is 35.1 Å². The Bertz CT molecular complexity index is 934. The molecule has 1 fully saturated rings. The predicted octanol–water partition coefficient (Wildman–Crippen LogP) is 3.17. The smallest absolute Gasteiger partial charge is 0.298 e. The molecule has 6 heteroatoms. The summed E-state index contributed by atoms with van der Waals surface area (Å²) in [5.41, 5.74) is 2.95. The zero-order valence-corrected chi connectivity index (χ0v) is 18.4. The minimum Gasteiger partial charge on any atom is -0.332 e. The van der Waals surface area contributed by atoms with Crippen molar-refractivity contribution in [2.24, 2.45) is 13.0 Å². The summed E-state index contributed by atoms with van der Waals surface area (Å²) in [6, 6.07) is 7.21. The number of hydrogen-bond donors (Lipinski definition) is 0. The second-order valence-corrected chi connectivity index (χ2v) is 8.20. The molecule has 1 unspecified atom stereocenters. The second-order valence-electron chi connectivity index (χ2n) is 8.20. The minimum absolute atomic E-state index is 0.0963. The summed E-state index contributed by atoms with van der Waals surface area (Å²) in [6.07, 6.45) is 4.49. The molecule has 5 nitrogen and oxygen atoms in total. The number of aryl methyl sites for hydroxylation is 2.